The van der Waals surface area contributed by atoms with Crippen molar-refractivity contribution in [2.45, 2.75) is 25.3 Å². The van der Waals surface area contributed by atoms with Crippen molar-refractivity contribution < 1.29 is 4.39 Å². The van der Waals surface area contributed by atoms with Crippen LogP contribution in [0.3, 0.4) is 0 Å². The highest BCUT2D eigenvalue weighted by molar-refractivity contribution is 5.17. The number of likely N-dealkylation sites (N-methyl/N-ethyl adjacent to an activating group) is 1. The van der Waals surface area contributed by atoms with Gasteiger partial charge in [-0.25, -0.2) is 4.39 Å². The quantitative estimate of drug-likeness (QED) is 0.847. The normalized spacial score (nSPS) is 23.8. The lowest BCUT2D eigenvalue weighted by molar-refractivity contribution is 0.183. The second kappa shape index (κ2) is 5.61. The topological polar surface area (TPSA) is 29.3 Å². The lowest BCUT2D eigenvalue weighted by Crippen LogP contribution is -2.42. The zero-order chi connectivity index (χ0) is 12.3. The molecular weight excluding hydrogens is 215 g/mol. The van der Waals surface area contributed by atoms with Gasteiger partial charge in [0.1, 0.15) is 5.82 Å². The van der Waals surface area contributed by atoms with Crippen molar-refractivity contribution in [3.63, 3.8) is 0 Å². The average Bonchev–Trinajstić information content (AvgIpc) is 2.26. The van der Waals surface area contributed by atoms with Crippen LogP contribution in [0.1, 0.15) is 18.4 Å². The van der Waals surface area contributed by atoms with E-state index in [0.717, 1.165) is 43.8 Å². The SMILES string of the molecule is CN(CCc1ccccc1F)CC1CC(N)C1. The Morgan fingerprint density at radius 1 is 1.35 bits per heavy atom. The minimum atomic E-state index is -0.0911. The lowest BCUT2D eigenvalue weighted by atomic mass is 9.80. The van der Waals surface area contributed by atoms with E-state index in [1.807, 2.05) is 12.1 Å². The van der Waals surface area contributed by atoms with Crippen LogP contribution >= 0.6 is 0 Å². The zero-order valence-electron chi connectivity index (χ0n) is 10.4. The summed E-state index contributed by atoms with van der Waals surface area (Å²) < 4.78 is 13.4. The summed E-state index contributed by atoms with van der Waals surface area (Å²) in [6.45, 7) is 1.99. The molecular formula is C14H21FN2. The molecule has 1 aromatic rings. The first kappa shape index (κ1) is 12.5. The van der Waals surface area contributed by atoms with Crippen molar-refractivity contribution in [3.05, 3.63) is 35.6 Å². The minimum absolute atomic E-state index is 0.0911. The fourth-order valence-corrected chi connectivity index (χ4v) is 2.48. The highest BCUT2D eigenvalue weighted by atomic mass is 19.1. The number of hydrogen-bond acceptors (Lipinski definition) is 2. The summed E-state index contributed by atoms with van der Waals surface area (Å²) in [6.07, 6.45) is 3.07. The third-order valence-electron chi connectivity index (χ3n) is 3.56. The van der Waals surface area contributed by atoms with Crippen LogP contribution in [0.4, 0.5) is 4.39 Å². The van der Waals surface area contributed by atoms with Crippen molar-refractivity contribution in [1.29, 1.82) is 0 Å². The Hall–Kier alpha value is -0.930. The number of rotatable bonds is 5. The zero-order valence-corrected chi connectivity index (χ0v) is 10.4. The Morgan fingerprint density at radius 3 is 2.71 bits per heavy atom. The van der Waals surface area contributed by atoms with Crippen LogP contribution in [0, 0.1) is 11.7 Å². The second-order valence-electron chi connectivity index (χ2n) is 5.20. The van der Waals surface area contributed by atoms with Crippen molar-refractivity contribution >= 4 is 0 Å². The largest absolute Gasteiger partial charge is 0.328 e. The maximum Gasteiger partial charge on any atom is 0.126 e. The third kappa shape index (κ3) is 3.51. The summed E-state index contributed by atoms with van der Waals surface area (Å²) in [7, 11) is 2.10. The van der Waals surface area contributed by atoms with E-state index in [-0.39, 0.29) is 5.82 Å². The number of benzene rings is 1. The van der Waals surface area contributed by atoms with E-state index in [2.05, 4.69) is 11.9 Å². The molecule has 0 heterocycles. The highest BCUT2D eigenvalue weighted by Gasteiger charge is 2.26. The number of hydrogen-bond donors (Lipinski definition) is 1. The Labute approximate surface area is 103 Å². The van der Waals surface area contributed by atoms with Gasteiger partial charge in [-0.1, -0.05) is 18.2 Å². The smallest absolute Gasteiger partial charge is 0.126 e. The van der Waals surface area contributed by atoms with Crippen molar-refractivity contribution in [1.82, 2.24) is 4.90 Å². The molecule has 0 atom stereocenters. The van der Waals surface area contributed by atoms with Crippen LogP contribution in [0.2, 0.25) is 0 Å². The molecule has 1 aliphatic rings. The molecule has 94 valence electrons. The molecule has 1 aliphatic carbocycles. The molecule has 0 amide bonds. The van der Waals surface area contributed by atoms with Gasteiger partial charge in [0, 0.05) is 19.1 Å². The molecule has 17 heavy (non-hydrogen) atoms. The third-order valence-corrected chi connectivity index (χ3v) is 3.56. The summed E-state index contributed by atoms with van der Waals surface area (Å²) >= 11 is 0. The van der Waals surface area contributed by atoms with Crippen molar-refractivity contribution in [2.75, 3.05) is 20.1 Å². The first-order chi connectivity index (χ1) is 8.15. The first-order valence-electron chi connectivity index (χ1n) is 6.32. The van der Waals surface area contributed by atoms with E-state index in [9.17, 15) is 4.39 Å². The molecule has 0 saturated heterocycles. The molecule has 0 unspecified atom stereocenters. The van der Waals surface area contributed by atoms with E-state index in [0.29, 0.717) is 6.04 Å². The lowest BCUT2D eigenvalue weighted by Gasteiger charge is -2.35. The predicted molar refractivity (Wildman–Crippen MR) is 68.3 cm³/mol. The van der Waals surface area contributed by atoms with E-state index in [1.54, 1.807) is 6.07 Å². The molecule has 1 saturated carbocycles. The van der Waals surface area contributed by atoms with Gasteiger partial charge in [-0.2, -0.15) is 0 Å². The molecule has 2 nitrogen and oxygen atoms in total. The minimum Gasteiger partial charge on any atom is -0.328 e. The molecule has 1 fully saturated rings. The van der Waals surface area contributed by atoms with E-state index >= 15 is 0 Å². The number of nitrogens with zero attached hydrogens (tertiary/aromatic N) is 1. The van der Waals surface area contributed by atoms with E-state index in [1.165, 1.54) is 6.07 Å². The Morgan fingerprint density at radius 2 is 2.06 bits per heavy atom. The fourth-order valence-electron chi connectivity index (χ4n) is 2.48. The summed E-state index contributed by atoms with van der Waals surface area (Å²) in [6, 6.07) is 7.43. The monoisotopic (exact) mass is 236 g/mol. The summed E-state index contributed by atoms with van der Waals surface area (Å²) in [5.41, 5.74) is 6.57. The molecule has 2 N–H and O–H groups in total. The Bertz CT molecular complexity index is 361. The predicted octanol–water partition coefficient (Wildman–Crippen LogP) is 2.04. The van der Waals surface area contributed by atoms with Gasteiger partial charge in [0.05, 0.1) is 0 Å². The maximum absolute atomic E-state index is 13.4. The molecule has 0 spiro atoms. The van der Waals surface area contributed by atoms with Gasteiger partial charge in [-0.05, 0) is 43.9 Å². The standard InChI is InChI=1S/C14H21FN2/c1-17(10-11-8-13(16)9-11)7-6-12-4-2-3-5-14(12)15/h2-5,11,13H,6-10,16H2,1H3. The molecule has 0 aromatic heterocycles. The van der Waals surface area contributed by atoms with Crippen molar-refractivity contribution in [2.24, 2.45) is 11.7 Å². The van der Waals surface area contributed by atoms with Crippen LogP contribution < -0.4 is 5.73 Å². The molecule has 0 aliphatic heterocycles. The second-order valence-corrected chi connectivity index (χ2v) is 5.20. The molecule has 2 rings (SSSR count). The number of nitrogens with two attached hydrogens (primary N) is 1. The van der Waals surface area contributed by atoms with E-state index in [4.69, 9.17) is 5.73 Å². The van der Waals surface area contributed by atoms with Gasteiger partial charge in [-0.15, -0.1) is 0 Å². The van der Waals surface area contributed by atoms with Gasteiger partial charge in [0.2, 0.25) is 0 Å². The summed E-state index contributed by atoms with van der Waals surface area (Å²) in [5, 5.41) is 0. The highest BCUT2D eigenvalue weighted by Crippen LogP contribution is 2.26. The summed E-state index contributed by atoms with van der Waals surface area (Å²) in [4.78, 5) is 2.28. The molecule has 0 radical (unpaired) electrons. The van der Waals surface area contributed by atoms with Crippen molar-refractivity contribution in [3.8, 4) is 0 Å². The molecule has 3 heteroatoms. The maximum atomic E-state index is 13.4. The Kier molecular flexibility index (Phi) is 4.13. The van der Waals surface area contributed by atoms with Gasteiger partial charge < -0.3 is 10.6 Å². The van der Waals surface area contributed by atoms with Crippen LogP contribution in [-0.4, -0.2) is 31.1 Å². The van der Waals surface area contributed by atoms with Crippen LogP contribution in [-0.2, 0) is 6.42 Å². The van der Waals surface area contributed by atoms with Gasteiger partial charge >= 0.3 is 0 Å². The first-order valence-corrected chi connectivity index (χ1v) is 6.32. The fraction of sp³-hybridized carbons (Fsp3) is 0.571. The average molecular weight is 236 g/mol. The van der Waals surface area contributed by atoms with Gasteiger partial charge in [-0.3, -0.25) is 0 Å². The van der Waals surface area contributed by atoms with Gasteiger partial charge in [0.25, 0.3) is 0 Å². The number of halogens is 1. The van der Waals surface area contributed by atoms with E-state index < -0.39 is 0 Å². The van der Waals surface area contributed by atoms with Gasteiger partial charge in [0.15, 0.2) is 0 Å². The molecule has 0 bridgehead atoms. The Balaban J connectivity index is 1.72. The van der Waals surface area contributed by atoms with Crippen LogP contribution in [0.15, 0.2) is 24.3 Å². The van der Waals surface area contributed by atoms with Crippen LogP contribution in [0.5, 0.6) is 0 Å². The molecule has 1 aromatic carbocycles. The summed E-state index contributed by atoms with van der Waals surface area (Å²) in [5.74, 6) is 0.655. The van der Waals surface area contributed by atoms with Crippen LogP contribution in [0.25, 0.3) is 0 Å².